The Bertz CT molecular complexity index is 3010. The van der Waals surface area contributed by atoms with Gasteiger partial charge in [-0.3, -0.25) is 0 Å². The topological polar surface area (TPSA) is 41.9 Å². The number of anilines is 3. The lowest BCUT2D eigenvalue weighted by Crippen LogP contribution is -2.12. The molecule has 4 nitrogen and oxygen atoms in total. The van der Waals surface area contributed by atoms with Crippen molar-refractivity contribution in [2.45, 2.75) is 9.79 Å². The van der Waals surface area contributed by atoms with Crippen molar-refractivity contribution in [2.24, 2.45) is 0 Å². The van der Waals surface area contributed by atoms with Crippen molar-refractivity contribution in [3.05, 3.63) is 182 Å². The van der Waals surface area contributed by atoms with Gasteiger partial charge in [0.2, 0.25) is 0 Å². The van der Waals surface area contributed by atoms with Crippen LogP contribution in [-0.4, -0.2) is 15.0 Å². The molecule has 8 aromatic carbocycles. The van der Waals surface area contributed by atoms with E-state index in [4.69, 9.17) is 15.0 Å². The summed E-state index contributed by atoms with van der Waals surface area (Å²) < 4.78 is 2.57. The molecule has 0 radical (unpaired) electrons. The van der Waals surface area contributed by atoms with Crippen LogP contribution >= 0.6 is 23.1 Å². The Morgan fingerprint density at radius 1 is 0.400 bits per heavy atom. The van der Waals surface area contributed by atoms with E-state index < -0.39 is 0 Å². The molecule has 2 aromatic heterocycles. The molecule has 10 aromatic rings. The molecule has 0 fully saturated rings. The Kier molecular flexibility index (Phi) is 7.57. The van der Waals surface area contributed by atoms with Gasteiger partial charge >= 0.3 is 0 Å². The summed E-state index contributed by atoms with van der Waals surface area (Å²) in [5, 5.41) is 4.92. The van der Waals surface area contributed by atoms with Crippen LogP contribution in [0, 0.1) is 0 Å². The fraction of sp³-hybridized carbons (Fsp3) is 0. The summed E-state index contributed by atoms with van der Waals surface area (Å²) in [6.45, 7) is 0. The average molecular weight is 739 g/mol. The van der Waals surface area contributed by atoms with E-state index in [1.165, 1.54) is 52.2 Å². The van der Waals surface area contributed by atoms with Crippen LogP contribution in [-0.2, 0) is 0 Å². The van der Waals surface area contributed by atoms with Crippen LogP contribution in [0.1, 0.15) is 0 Å². The quantitative estimate of drug-likeness (QED) is 0.170. The number of nitrogens with zero attached hydrogens (tertiary/aromatic N) is 4. The van der Waals surface area contributed by atoms with Crippen molar-refractivity contribution in [3.8, 4) is 45.3 Å². The number of fused-ring (bicyclic) bond motifs is 5. The number of benzene rings is 8. The number of para-hydroxylation sites is 1. The average Bonchev–Trinajstić information content (AvgIpc) is 3.65. The zero-order valence-corrected chi connectivity index (χ0v) is 31.1. The first-order valence-electron chi connectivity index (χ1n) is 18.3. The molecule has 1 aliphatic rings. The normalized spacial score (nSPS) is 11.9. The molecule has 6 heteroatoms. The van der Waals surface area contributed by atoms with Gasteiger partial charge < -0.3 is 4.90 Å². The van der Waals surface area contributed by atoms with Crippen LogP contribution < -0.4 is 4.90 Å². The molecule has 0 N–H and O–H groups in total. The molecule has 3 heterocycles. The van der Waals surface area contributed by atoms with Crippen LogP contribution in [0.5, 0.6) is 0 Å². The molecular weight excluding hydrogens is 709 g/mol. The highest BCUT2D eigenvalue weighted by molar-refractivity contribution is 8.00. The van der Waals surface area contributed by atoms with Gasteiger partial charge in [-0.25, -0.2) is 15.0 Å². The summed E-state index contributed by atoms with van der Waals surface area (Å²) in [5.74, 6) is 1.97. The predicted octanol–water partition coefficient (Wildman–Crippen LogP) is 14.0. The zero-order chi connectivity index (χ0) is 36.3. The number of rotatable bonds is 6. The van der Waals surface area contributed by atoms with E-state index in [9.17, 15) is 0 Å². The van der Waals surface area contributed by atoms with Crippen molar-refractivity contribution < 1.29 is 0 Å². The van der Waals surface area contributed by atoms with Gasteiger partial charge in [-0.15, -0.1) is 11.3 Å². The maximum Gasteiger partial charge on any atom is 0.164 e. The smallest absolute Gasteiger partial charge is 0.164 e. The third-order valence-corrected chi connectivity index (χ3v) is 12.7. The van der Waals surface area contributed by atoms with Crippen molar-refractivity contribution in [1.82, 2.24) is 15.0 Å². The Morgan fingerprint density at radius 2 is 0.982 bits per heavy atom. The number of aromatic nitrogens is 3. The first-order valence-corrected chi connectivity index (χ1v) is 19.9. The van der Waals surface area contributed by atoms with Gasteiger partial charge in [-0.05, 0) is 59.0 Å². The lowest BCUT2D eigenvalue weighted by molar-refractivity contribution is 1.08. The SMILES string of the molecule is c1ccc(-c2nc(-c3ccccc3)nc(-c3ccc4c5c(cccc35)-c3cccc(N(c5ccccc5)c5cccc6c5sc5ccccc56)c3S4)n2)cc1. The third-order valence-electron chi connectivity index (χ3n) is 10.3. The van der Waals surface area contributed by atoms with E-state index in [1.807, 2.05) is 59.5 Å². The Balaban J connectivity index is 1.10. The zero-order valence-electron chi connectivity index (χ0n) is 29.4. The Morgan fingerprint density at radius 3 is 1.75 bits per heavy atom. The van der Waals surface area contributed by atoms with Crippen molar-refractivity contribution in [2.75, 3.05) is 4.90 Å². The summed E-state index contributed by atoms with van der Waals surface area (Å²) in [4.78, 5) is 20.1. The minimum absolute atomic E-state index is 0.656. The molecule has 0 amide bonds. The molecular formula is C49H30N4S2. The second-order valence-corrected chi connectivity index (χ2v) is 15.7. The molecule has 11 rings (SSSR count). The summed E-state index contributed by atoms with van der Waals surface area (Å²) in [5.41, 5.74) is 8.78. The number of thiophene rings is 1. The molecule has 0 unspecified atom stereocenters. The largest absolute Gasteiger partial charge is 0.308 e. The second kappa shape index (κ2) is 13.1. The summed E-state index contributed by atoms with van der Waals surface area (Å²) in [6, 6.07) is 64.3. The molecule has 0 saturated carbocycles. The van der Waals surface area contributed by atoms with Crippen molar-refractivity contribution in [1.29, 1.82) is 0 Å². The van der Waals surface area contributed by atoms with Gasteiger partial charge in [0.15, 0.2) is 17.5 Å². The highest BCUT2D eigenvalue weighted by Gasteiger charge is 2.28. The Labute approximate surface area is 326 Å². The molecule has 258 valence electrons. The van der Waals surface area contributed by atoms with Crippen LogP contribution in [0.25, 0.3) is 76.2 Å². The lowest BCUT2D eigenvalue weighted by Gasteiger charge is -2.31. The van der Waals surface area contributed by atoms with E-state index in [0.29, 0.717) is 17.5 Å². The maximum atomic E-state index is 5.11. The number of hydrogen-bond donors (Lipinski definition) is 0. The van der Waals surface area contributed by atoms with Crippen LogP contribution in [0.2, 0.25) is 0 Å². The first kappa shape index (κ1) is 31.9. The van der Waals surface area contributed by atoms with E-state index in [2.05, 4.69) is 150 Å². The summed E-state index contributed by atoms with van der Waals surface area (Å²) >= 11 is 3.70. The minimum Gasteiger partial charge on any atom is -0.308 e. The molecule has 1 aliphatic heterocycles. The summed E-state index contributed by atoms with van der Waals surface area (Å²) in [6.07, 6.45) is 0. The van der Waals surface area contributed by atoms with Gasteiger partial charge in [-0.2, -0.15) is 0 Å². The molecule has 0 bridgehead atoms. The van der Waals surface area contributed by atoms with Crippen molar-refractivity contribution in [3.63, 3.8) is 0 Å². The van der Waals surface area contributed by atoms with E-state index >= 15 is 0 Å². The van der Waals surface area contributed by atoms with Gasteiger partial charge in [0, 0.05) is 53.0 Å². The minimum atomic E-state index is 0.656. The van der Waals surface area contributed by atoms with E-state index in [-0.39, 0.29) is 0 Å². The molecule has 55 heavy (non-hydrogen) atoms. The summed E-state index contributed by atoms with van der Waals surface area (Å²) in [7, 11) is 0. The standard InChI is InChI=1S/C49H30N4S2/c1-4-15-31(16-5-1)47-50-48(32-17-6-2-7-18-32)52-49(51-47)39-29-30-43-44-35(22-12-23-36(39)44)38-25-14-27-41(46(38)55-43)53(33-19-8-3-9-20-33)40-26-13-24-37-34-21-10-11-28-42(34)54-45(37)40/h1-30H. The van der Waals surface area contributed by atoms with E-state index in [1.54, 1.807) is 0 Å². The highest BCUT2D eigenvalue weighted by Crippen LogP contribution is 2.55. The third kappa shape index (κ3) is 5.33. The van der Waals surface area contributed by atoms with Gasteiger partial charge in [0.1, 0.15) is 0 Å². The Hall–Kier alpha value is -6.60. The molecule has 0 saturated heterocycles. The van der Waals surface area contributed by atoms with Crippen LogP contribution in [0.3, 0.4) is 0 Å². The van der Waals surface area contributed by atoms with Crippen molar-refractivity contribution >= 4 is 71.1 Å². The second-order valence-electron chi connectivity index (χ2n) is 13.6. The van der Waals surface area contributed by atoms with Crippen LogP contribution in [0.15, 0.2) is 192 Å². The molecule has 0 aliphatic carbocycles. The highest BCUT2D eigenvalue weighted by atomic mass is 32.2. The lowest BCUT2D eigenvalue weighted by atomic mass is 9.94. The number of hydrogen-bond acceptors (Lipinski definition) is 6. The van der Waals surface area contributed by atoms with Crippen LogP contribution in [0.4, 0.5) is 17.1 Å². The van der Waals surface area contributed by atoms with E-state index in [0.717, 1.165) is 33.5 Å². The van der Waals surface area contributed by atoms with Gasteiger partial charge in [-0.1, -0.05) is 151 Å². The fourth-order valence-electron chi connectivity index (χ4n) is 7.83. The maximum absolute atomic E-state index is 5.11. The van der Waals surface area contributed by atoms with Gasteiger partial charge in [0.25, 0.3) is 0 Å². The predicted molar refractivity (Wildman–Crippen MR) is 231 cm³/mol. The molecule has 0 atom stereocenters. The first-order chi connectivity index (χ1) is 27.3. The monoisotopic (exact) mass is 738 g/mol. The van der Waals surface area contributed by atoms with Gasteiger partial charge in [0.05, 0.1) is 16.1 Å². The fourth-order valence-corrected chi connectivity index (χ4v) is 10.3. The molecule has 0 spiro atoms.